The molecule has 0 aromatic rings. The number of ether oxygens (including phenoxy) is 1. The maximum atomic E-state index is 10.4. The van der Waals surface area contributed by atoms with Crippen molar-refractivity contribution in [3.8, 4) is 0 Å². The fraction of sp³-hybridized carbons (Fsp3) is 0.909. The number of rotatable bonds is 9. The van der Waals surface area contributed by atoms with Crippen LogP contribution in [0.1, 0.15) is 12.8 Å². The van der Waals surface area contributed by atoms with Crippen LogP contribution in [-0.4, -0.2) is 68.0 Å². The lowest BCUT2D eigenvalue weighted by Gasteiger charge is -2.19. The molecule has 0 saturated carbocycles. The normalized spacial score (nSPS) is 18.4. The number of aliphatic hydroxyl groups is 1. The van der Waals surface area contributed by atoms with Gasteiger partial charge in [0.25, 0.3) is 0 Å². The minimum absolute atomic E-state index is 0.0436. The summed E-state index contributed by atoms with van der Waals surface area (Å²) in [5.41, 5.74) is 4.92. The molecule has 0 aliphatic carbocycles. The Hall–Kier alpha value is -0.690. The smallest absolute Gasteiger partial charge is 0.243 e. The summed E-state index contributed by atoms with van der Waals surface area (Å²) in [6.07, 6.45) is 2.13. The number of nitrogens with one attached hydrogen (secondary N) is 1. The SMILES string of the molecule is NC(=O)COCCNCC(O)CN1CCCC1. The molecule has 1 heterocycles. The zero-order valence-corrected chi connectivity index (χ0v) is 10.2. The Kier molecular flexibility index (Phi) is 7.11. The van der Waals surface area contributed by atoms with E-state index in [2.05, 4.69) is 10.2 Å². The number of nitrogens with zero attached hydrogens (tertiary/aromatic N) is 1. The molecular formula is C11H23N3O3. The number of carbonyl (C=O) groups is 1. The number of amides is 1. The van der Waals surface area contributed by atoms with E-state index in [1.807, 2.05) is 0 Å². The zero-order valence-electron chi connectivity index (χ0n) is 10.2. The maximum Gasteiger partial charge on any atom is 0.243 e. The standard InChI is InChI=1S/C11H23N3O3/c12-11(16)9-17-6-3-13-7-10(15)8-14-4-1-2-5-14/h10,13,15H,1-9H2,(H2,12,16). The average molecular weight is 245 g/mol. The molecule has 6 nitrogen and oxygen atoms in total. The number of nitrogens with two attached hydrogens (primary N) is 1. The molecule has 1 aliphatic rings. The van der Waals surface area contributed by atoms with E-state index in [4.69, 9.17) is 10.5 Å². The van der Waals surface area contributed by atoms with Crippen LogP contribution in [-0.2, 0) is 9.53 Å². The fourth-order valence-corrected chi connectivity index (χ4v) is 1.91. The molecule has 6 heteroatoms. The van der Waals surface area contributed by atoms with Gasteiger partial charge >= 0.3 is 0 Å². The Labute approximate surface area is 102 Å². The molecule has 0 spiro atoms. The molecule has 0 aromatic heterocycles. The van der Waals surface area contributed by atoms with Crippen molar-refractivity contribution in [2.24, 2.45) is 5.73 Å². The lowest BCUT2D eigenvalue weighted by atomic mass is 10.3. The third kappa shape index (κ3) is 7.27. The van der Waals surface area contributed by atoms with E-state index in [1.165, 1.54) is 12.8 Å². The van der Waals surface area contributed by atoms with E-state index >= 15 is 0 Å². The van der Waals surface area contributed by atoms with Gasteiger partial charge in [-0.15, -0.1) is 0 Å². The maximum absolute atomic E-state index is 10.4. The van der Waals surface area contributed by atoms with Gasteiger partial charge in [-0.25, -0.2) is 0 Å². The van der Waals surface area contributed by atoms with Crippen LogP contribution in [0.3, 0.4) is 0 Å². The van der Waals surface area contributed by atoms with Gasteiger partial charge in [0.05, 0.1) is 12.7 Å². The van der Waals surface area contributed by atoms with Gasteiger partial charge in [-0.3, -0.25) is 4.79 Å². The van der Waals surface area contributed by atoms with Crippen LogP contribution >= 0.6 is 0 Å². The first-order valence-corrected chi connectivity index (χ1v) is 6.15. The third-order valence-electron chi connectivity index (χ3n) is 2.72. The van der Waals surface area contributed by atoms with E-state index in [0.717, 1.165) is 19.6 Å². The molecule has 0 bridgehead atoms. The van der Waals surface area contributed by atoms with E-state index in [-0.39, 0.29) is 12.7 Å². The molecule has 100 valence electrons. The second kappa shape index (κ2) is 8.41. The summed E-state index contributed by atoms with van der Waals surface area (Å²) in [5.74, 6) is -0.459. The average Bonchev–Trinajstić information content (AvgIpc) is 2.75. The van der Waals surface area contributed by atoms with Gasteiger partial charge in [0, 0.05) is 19.6 Å². The third-order valence-corrected chi connectivity index (χ3v) is 2.72. The van der Waals surface area contributed by atoms with Crippen molar-refractivity contribution in [1.82, 2.24) is 10.2 Å². The zero-order chi connectivity index (χ0) is 12.5. The van der Waals surface area contributed by atoms with Crippen molar-refractivity contribution in [1.29, 1.82) is 0 Å². The van der Waals surface area contributed by atoms with Crippen LogP contribution in [0.2, 0.25) is 0 Å². The first-order chi connectivity index (χ1) is 8.18. The van der Waals surface area contributed by atoms with E-state index in [9.17, 15) is 9.90 Å². The van der Waals surface area contributed by atoms with E-state index in [0.29, 0.717) is 19.7 Å². The van der Waals surface area contributed by atoms with Gasteiger partial charge in [0.2, 0.25) is 5.91 Å². The van der Waals surface area contributed by atoms with Gasteiger partial charge < -0.3 is 25.8 Å². The minimum atomic E-state index is -0.459. The Morgan fingerprint density at radius 3 is 2.82 bits per heavy atom. The molecule has 1 amide bonds. The summed E-state index contributed by atoms with van der Waals surface area (Å²) in [4.78, 5) is 12.6. The lowest BCUT2D eigenvalue weighted by Crippen LogP contribution is -2.38. The van der Waals surface area contributed by atoms with Crippen molar-refractivity contribution < 1.29 is 14.6 Å². The highest BCUT2D eigenvalue weighted by molar-refractivity contribution is 5.74. The highest BCUT2D eigenvalue weighted by Gasteiger charge is 2.15. The summed E-state index contributed by atoms with van der Waals surface area (Å²) >= 11 is 0. The summed E-state index contributed by atoms with van der Waals surface area (Å²) in [6.45, 7) is 4.48. The van der Waals surface area contributed by atoms with Crippen LogP contribution in [0.25, 0.3) is 0 Å². The Bertz CT molecular complexity index is 220. The first-order valence-electron chi connectivity index (χ1n) is 6.15. The monoisotopic (exact) mass is 245 g/mol. The van der Waals surface area contributed by atoms with Gasteiger partial charge in [-0.05, 0) is 25.9 Å². The van der Waals surface area contributed by atoms with Crippen LogP contribution in [0.15, 0.2) is 0 Å². The highest BCUT2D eigenvalue weighted by Crippen LogP contribution is 2.07. The van der Waals surface area contributed by atoms with Crippen molar-refractivity contribution in [3.63, 3.8) is 0 Å². The molecule has 0 aromatic carbocycles. The van der Waals surface area contributed by atoms with Gasteiger partial charge in [0.1, 0.15) is 6.61 Å². The minimum Gasteiger partial charge on any atom is -0.390 e. The molecular weight excluding hydrogens is 222 g/mol. The summed E-state index contributed by atoms with van der Waals surface area (Å²) in [5, 5.41) is 12.8. The quantitative estimate of drug-likeness (QED) is 0.432. The molecule has 1 aliphatic heterocycles. The first kappa shape index (κ1) is 14.4. The highest BCUT2D eigenvalue weighted by atomic mass is 16.5. The largest absolute Gasteiger partial charge is 0.390 e. The number of β-amino-alcohol motifs (C(OH)–C–C–N with tert-alkyl or cyclic N) is 1. The molecule has 1 atom stereocenters. The van der Waals surface area contributed by atoms with Crippen molar-refractivity contribution in [3.05, 3.63) is 0 Å². The second-order valence-corrected chi connectivity index (χ2v) is 4.38. The molecule has 1 unspecified atom stereocenters. The molecule has 1 fully saturated rings. The lowest BCUT2D eigenvalue weighted by molar-refractivity contribution is -0.122. The number of primary amides is 1. The van der Waals surface area contributed by atoms with Crippen molar-refractivity contribution in [2.45, 2.75) is 18.9 Å². The topological polar surface area (TPSA) is 87.8 Å². The fourth-order valence-electron chi connectivity index (χ4n) is 1.91. The van der Waals surface area contributed by atoms with Crippen LogP contribution in [0.4, 0.5) is 0 Å². The predicted molar refractivity (Wildman–Crippen MR) is 64.6 cm³/mol. The number of hydrogen-bond donors (Lipinski definition) is 3. The molecule has 17 heavy (non-hydrogen) atoms. The number of aliphatic hydroxyl groups excluding tert-OH is 1. The van der Waals surface area contributed by atoms with Crippen LogP contribution < -0.4 is 11.1 Å². The van der Waals surface area contributed by atoms with Crippen LogP contribution in [0.5, 0.6) is 0 Å². The molecule has 1 rings (SSSR count). The van der Waals surface area contributed by atoms with Crippen molar-refractivity contribution >= 4 is 5.91 Å². The summed E-state index contributed by atoms with van der Waals surface area (Å²) in [6, 6.07) is 0. The van der Waals surface area contributed by atoms with Crippen LogP contribution in [0, 0.1) is 0 Å². The van der Waals surface area contributed by atoms with Gasteiger partial charge in [0.15, 0.2) is 0 Å². The number of carbonyl (C=O) groups excluding carboxylic acids is 1. The van der Waals surface area contributed by atoms with Gasteiger partial charge in [-0.1, -0.05) is 0 Å². The second-order valence-electron chi connectivity index (χ2n) is 4.38. The molecule has 1 saturated heterocycles. The number of likely N-dealkylation sites (tertiary alicyclic amines) is 1. The van der Waals surface area contributed by atoms with Gasteiger partial charge in [-0.2, -0.15) is 0 Å². The Morgan fingerprint density at radius 1 is 1.47 bits per heavy atom. The molecule has 4 N–H and O–H groups in total. The summed E-state index contributed by atoms with van der Waals surface area (Å²) in [7, 11) is 0. The van der Waals surface area contributed by atoms with Crippen molar-refractivity contribution in [2.75, 3.05) is 45.9 Å². The van der Waals surface area contributed by atoms with E-state index < -0.39 is 5.91 Å². The predicted octanol–water partition coefficient (Wildman–Crippen LogP) is -1.47. The summed E-state index contributed by atoms with van der Waals surface area (Å²) < 4.78 is 4.98. The Balaban J connectivity index is 1.89. The number of hydrogen-bond acceptors (Lipinski definition) is 5. The van der Waals surface area contributed by atoms with E-state index in [1.54, 1.807) is 0 Å². The molecule has 0 radical (unpaired) electrons. The Morgan fingerprint density at radius 2 is 2.18 bits per heavy atom.